The SMILES string of the molecule is CC(C(=O)O)C(=O)N(C)Cc1cccc(Br)c1. The van der Waals surface area contributed by atoms with Crippen molar-refractivity contribution in [2.24, 2.45) is 5.92 Å². The van der Waals surface area contributed by atoms with Crippen molar-refractivity contribution in [2.75, 3.05) is 7.05 Å². The Balaban J connectivity index is 2.69. The normalized spacial score (nSPS) is 11.9. The Morgan fingerprint density at radius 2 is 2.12 bits per heavy atom. The fourth-order valence-corrected chi connectivity index (χ4v) is 1.87. The predicted octanol–water partition coefficient (Wildman–Crippen LogP) is 2.13. The summed E-state index contributed by atoms with van der Waals surface area (Å²) in [7, 11) is 1.60. The Morgan fingerprint density at radius 3 is 2.65 bits per heavy atom. The van der Waals surface area contributed by atoms with E-state index in [2.05, 4.69) is 15.9 Å². The number of hydrogen-bond donors (Lipinski definition) is 1. The number of benzene rings is 1. The lowest BCUT2D eigenvalue weighted by molar-refractivity contribution is -0.149. The molecule has 1 amide bonds. The van der Waals surface area contributed by atoms with Gasteiger partial charge in [-0.2, -0.15) is 0 Å². The number of carbonyl (C=O) groups excluding carboxylic acids is 1. The molecule has 0 radical (unpaired) electrons. The molecule has 0 aliphatic heterocycles. The molecule has 0 spiro atoms. The van der Waals surface area contributed by atoms with Crippen LogP contribution in [0.25, 0.3) is 0 Å². The summed E-state index contributed by atoms with van der Waals surface area (Å²) in [5.74, 6) is -2.50. The van der Waals surface area contributed by atoms with E-state index in [1.54, 1.807) is 7.05 Å². The molecule has 0 aromatic heterocycles. The lowest BCUT2D eigenvalue weighted by Gasteiger charge is -2.19. The fraction of sp³-hybridized carbons (Fsp3) is 0.333. The average Bonchev–Trinajstić information content (AvgIpc) is 2.26. The first-order valence-corrected chi connectivity index (χ1v) is 5.93. The van der Waals surface area contributed by atoms with E-state index in [1.165, 1.54) is 11.8 Å². The molecule has 0 saturated carbocycles. The molecule has 1 atom stereocenters. The van der Waals surface area contributed by atoms with Crippen molar-refractivity contribution >= 4 is 27.8 Å². The lowest BCUT2D eigenvalue weighted by atomic mass is 10.1. The molecule has 0 bridgehead atoms. The van der Waals surface area contributed by atoms with Crippen LogP contribution in [0.3, 0.4) is 0 Å². The van der Waals surface area contributed by atoms with Crippen LogP contribution in [0.1, 0.15) is 12.5 Å². The van der Waals surface area contributed by atoms with Crippen molar-refractivity contribution in [1.29, 1.82) is 0 Å². The van der Waals surface area contributed by atoms with Crippen LogP contribution in [-0.2, 0) is 16.1 Å². The summed E-state index contributed by atoms with van der Waals surface area (Å²) in [4.78, 5) is 23.8. The average molecular weight is 300 g/mol. The van der Waals surface area contributed by atoms with E-state index in [0.29, 0.717) is 6.54 Å². The first-order valence-electron chi connectivity index (χ1n) is 5.14. The second-order valence-corrected chi connectivity index (χ2v) is 4.80. The van der Waals surface area contributed by atoms with Crippen LogP contribution in [0.15, 0.2) is 28.7 Å². The molecule has 1 N–H and O–H groups in total. The van der Waals surface area contributed by atoms with Crippen molar-refractivity contribution < 1.29 is 14.7 Å². The molecule has 1 aromatic carbocycles. The largest absolute Gasteiger partial charge is 0.481 e. The van der Waals surface area contributed by atoms with Crippen LogP contribution in [0.5, 0.6) is 0 Å². The van der Waals surface area contributed by atoms with E-state index >= 15 is 0 Å². The summed E-state index contributed by atoms with van der Waals surface area (Å²) in [5, 5.41) is 8.76. The number of hydrogen-bond acceptors (Lipinski definition) is 2. The van der Waals surface area contributed by atoms with Crippen LogP contribution >= 0.6 is 15.9 Å². The topological polar surface area (TPSA) is 57.6 Å². The fourth-order valence-electron chi connectivity index (χ4n) is 1.42. The molecule has 1 unspecified atom stereocenters. The highest BCUT2D eigenvalue weighted by molar-refractivity contribution is 9.10. The molecule has 4 nitrogen and oxygen atoms in total. The minimum atomic E-state index is -1.10. The highest BCUT2D eigenvalue weighted by atomic mass is 79.9. The van der Waals surface area contributed by atoms with Gasteiger partial charge in [0.05, 0.1) is 0 Å². The van der Waals surface area contributed by atoms with Crippen LogP contribution < -0.4 is 0 Å². The van der Waals surface area contributed by atoms with E-state index in [-0.39, 0.29) is 0 Å². The lowest BCUT2D eigenvalue weighted by Crippen LogP contribution is -2.34. The maximum atomic E-state index is 11.7. The summed E-state index contributed by atoms with van der Waals surface area (Å²) in [5.41, 5.74) is 0.952. The molecule has 1 rings (SSSR count). The van der Waals surface area contributed by atoms with E-state index in [9.17, 15) is 9.59 Å². The van der Waals surface area contributed by atoms with Gasteiger partial charge in [-0.25, -0.2) is 0 Å². The molecule has 0 aliphatic rings. The zero-order valence-corrected chi connectivity index (χ0v) is 11.3. The van der Waals surface area contributed by atoms with E-state index in [0.717, 1.165) is 10.0 Å². The summed E-state index contributed by atoms with van der Waals surface area (Å²) >= 11 is 3.34. The minimum absolute atomic E-state index is 0.391. The maximum Gasteiger partial charge on any atom is 0.315 e. The molecule has 0 saturated heterocycles. The number of carboxylic acid groups (broad SMARTS) is 1. The first kappa shape index (κ1) is 13.7. The number of carboxylic acids is 1. The molecular formula is C12H14BrNO3. The minimum Gasteiger partial charge on any atom is -0.481 e. The van der Waals surface area contributed by atoms with Crippen LogP contribution in [0, 0.1) is 5.92 Å². The molecule has 0 aliphatic carbocycles. The Labute approximate surface area is 108 Å². The number of nitrogens with zero attached hydrogens (tertiary/aromatic N) is 1. The van der Waals surface area contributed by atoms with Gasteiger partial charge in [-0.1, -0.05) is 28.1 Å². The Kier molecular flexibility index (Phi) is 4.69. The Morgan fingerprint density at radius 1 is 1.47 bits per heavy atom. The van der Waals surface area contributed by atoms with Gasteiger partial charge in [0.25, 0.3) is 0 Å². The quantitative estimate of drug-likeness (QED) is 0.867. The van der Waals surface area contributed by atoms with Crippen molar-refractivity contribution in [1.82, 2.24) is 4.90 Å². The second kappa shape index (κ2) is 5.82. The zero-order valence-electron chi connectivity index (χ0n) is 9.68. The van der Waals surface area contributed by atoms with Crippen molar-refractivity contribution in [3.8, 4) is 0 Å². The molecule has 1 aromatic rings. The van der Waals surface area contributed by atoms with Gasteiger partial charge in [-0.3, -0.25) is 9.59 Å². The van der Waals surface area contributed by atoms with E-state index < -0.39 is 17.8 Å². The van der Waals surface area contributed by atoms with Gasteiger partial charge >= 0.3 is 5.97 Å². The first-order chi connectivity index (χ1) is 7.91. The van der Waals surface area contributed by atoms with Gasteiger partial charge < -0.3 is 10.0 Å². The van der Waals surface area contributed by atoms with E-state index in [1.807, 2.05) is 24.3 Å². The molecule has 0 heterocycles. The number of halogens is 1. The highest BCUT2D eigenvalue weighted by Crippen LogP contribution is 2.14. The van der Waals surface area contributed by atoms with Crippen molar-refractivity contribution in [3.05, 3.63) is 34.3 Å². The number of carbonyl (C=O) groups is 2. The molecule has 0 fully saturated rings. The monoisotopic (exact) mass is 299 g/mol. The Bertz CT molecular complexity index is 434. The van der Waals surface area contributed by atoms with Gasteiger partial charge in [0.1, 0.15) is 5.92 Å². The van der Waals surface area contributed by atoms with Crippen molar-refractivity contribution in [2.45, 2.75) is 13.5 Å². The van der Waals surface area contributed by atoms with Gasteiger partial charge in [0.15, 0.2) is 0 Å². The third-order valence-corrected chi connectivity index (χ3v) is 2.92. The molecular weight excluding hydrogens is 286 g/mol. The van der Waals surface area contributed by atoms with Gasteiger partial charge in [-0.15, -0.1) is 0 Å². The Hall–Kier alpha value is -1.36. The number of rotatable bonds is 4. The van der Waals surface area contributed by atoms with Crippen molar-refractivity contribution in [3.63, 3.8) is 0 Å². The molecule has 92 valence electrons. The third-order valence-electron chi connectivity index (χ3n) is 2.43. The van der Waals surface area contributed by atoms with Gasteiger partial charge in [0, 0.05) is 18.1 Å². The van der Waals surface area contributed by atoms with Gasteiger partial charge in [0.2, 0.25) is 5.91 Å². The summed E-state index contributed by atoms with van der Waals surface area (Å²) in [6.07, 6.45) is 0. The zero-order chi connectivity index (χ0) is 13.0. The summed E-state index contributed by atoms with van der Waals surface area (Å²) in [6.45, 7) is 1.79. The highest BCUT2D eigenvalue weighted by Gasteiger charge is 2.23. The third kappa shape index (κ3) is 3.85. The van der Waals surface area contributed by atoms with Crippen LogP contribution in [-0.4, -0.2) is 28.9 Å². The second-order valence-electron chi connectivity index (χ2n) is 3.88. The standard InChI is InChI=1S/C12H14BrNO3/c1-8(12(16)17)11(15)14(2)7-9-4-3-5-10(13)6-9/h3-6,8H,7H2,1-2H3,(H,16,17). The number of aliphatic carboxylic acids is 1. The molecule has 5 heteroatoms. The van der Waals surface area contributed by atoms with Crippen LogP contribution in [0.4, 0.5) is 0 Å². The van der Waals surface area contributed by atoms with Gasteiger partial charge in [-0.05, 0) is 24.6 Å². The van der Waals surface area contributed by atoms with E-state index in [4.69, 9.17) is 5.11 Å². The van der Waals surface area contributed by atoms with Crippen LogP contribution in [0.2, 0.25) is 0 Å². The smallest absolute Gasteiger partial charge is 0.315 e. The molecule has 17 heavy (non-hydrogen) atoms. The predicted molar refractivity (Wildman–Crippen MR) is 67.4 cm³/mol. The summed E-state index contributed by atoms with van der Waals surface area (Å²) < 4.78 is 0.933. The number of amides is 1. The maximum absolute atomic E-state index is 11.7. The summed E-state index contributed by atoms with van der Waals surface area (Å²) in [6, 6.07) is 7.55.